The van der Waals surface area contributed by atoms with Crippen LogP contribution in [0.4, 0.5) is 5.82 Å². The molecule has 7 nitrogen and oxygen atoms in total. The lowest BCUT2D eigenvalue weighted by Crippen LogP contribution is -2.52. The molecule has 0 radical (unpaired) electrons. The Labute approximate surface area is 217 Å². The topological polar surface area (TPSA) is 68.5 Å². The average molecular weight is 491 g/mol. The van der Waals surface area contributed by atoms with E-state index in [4.69, 9.17) is 14.7 Å². The molecule has 0 N–H and O–H groups in total. The second-order valence-electron chi connectivity index (χ2n) is 10.3. The van der Waals surface area contributed by atoms with Crippen LogP contribution in [0.3, 0.4) is 0 Å². The van der Waals surface area contributed by atoms with Crippen LogP contribution in [0, 0.1) is 11.3 Å². The smallest absolute Gasteiger partial charge is 0.318 e. The summed E-state index contributed by atoms with van der Waals surface area (Å²) in [5.74, 6) is 0.997. The number of nitrogens with zero attached hydrogens (tertiary/aromatic N) is 6. The summed E-state index contributed by atoms with van der Waals surface area (Å²) in [6.07, 6.45) is 6.64. The van der Waals surface area contributed by atoms with Crippen LogP contribution in [0.25, 0.3) is 0 Å². The van der Waals surface area contributed by atoms with Crippen LogP contribution in [0.15, 0.2) is 24.3 Å². The van der Waals surface area contributed by atoms with E-state index in [0.717, 1.165) is 69.8 Å². The zero-order valence-corrected chi connectivity index (χ0v) is 22.5. The first kappa shape index (κ1) is 26.4. The van der Waals surface area contributed by atoms with Gasteiger partial charge in [-0.3, -0.25) is 4.90 Å². The third kappa shape index (κ3) is 6.16. The number of aryl methyl sites for hydroxylation is 3. The minimum absolute atomic E-state index is 0.208. The number of ether oxygens (including phenoxy) is 1. The number of benzene rings is 1. The van der Waals surface area contributed by atoms with Crippen LogP contribution >= 0.6 is 0 Å². The highest BCUT2D eigenvalue weighted by molar-refractivity contribution is 5.51. The Balaban J connectivity index is 1.63. The summed E-state index contributed by atoms with van der Waals surface area (Å²) in [6.45, 7) is 8.78. The summed E-state index contributed by atoms with van der Waals surface area (Å²) in [6, 6.07) is 12.2. The highest BCUT2D eigenvalue weighted by Crippen LogP contribution is 2.28. The lowest BCUT2D eigenvalue weighted by atomic mass is 9.98. The highest BCUT2D eigenvalue weighted by atomic mass is 16.5. The Morgan fingerprint density at radius 1 is 0.972 bits per heavy atom. The van der Waals surface area contributed by atoms with Crippen molar-refractivity contribution in [1.29, 1.82) is 5.26 Å². The second-order valence-corrected chi connectivity index (χ2v) is 10.3. The van der Waals surface area contributed by atoms with Crippen molar-refractivity contribution in [3.05, 3.63) is 46.6 Å². The van der Waals surface area contributed by atoms with Crippen molar-refractivity contribution in [2.75, 3.05) is 51.8 Å². The second kappa shape index (κ2) is 12.5. The van der Waals surface area contributed by atoms with Crippen molar-refractivity contribution < 1.29 is 4.74 Å². The average Bonchev–Trinajstić information content (AvgIpc) is 3.31. The van der Waals surface area contributed by atoms with Gasteiger partial charge in [-0.25, -0.2) is 0 Å². The van der Waals surface area contributed by atoms with Crippen LogP contribution in [-0.4, -0.2) is 78.7 Å². The van der Waals surface area contributed by atoms with Crippen LogP contribution < -0.4 is 9.64 Å². The number of aromatic nitrogens is 2. The monoisotopic (exact) mass is 490 g/mol. The van der Waals surface area contributed by atoms with Crippen molar-refractivity contribution in [3.8, 4) is 12.1 Å². The SMILES string of the molecule is CCc1ccccc1CCc1nc(OCC2CCCN2C)nc(N2CCN(C)C(CC#N)C2)c1CC. The Hall–Kier alpha value is -2.69. The fraction of sp³-hybridized carbons (Fsp3) is 0.621. The molecule has 0 saturated carbocycles. The first-order valence-electron chi connectivity index (χ1n) is 13.7. The van der Waals surface area contributed by atoms with Gasteiger partial charge in [0.2, 0.25) is 0 Å². The largest absolute Gasteiger partial charge is 0.462 e. The summed E-state index contributed by atoms with van der Waals surface area (Å²) >= 11 is 0. The highest BCUT2D eigenvalue weighted by Gasteiger charge is 2.28. The fourth-order valence-electron chi connectivity index (χ4n) is 5.61. The quantitative estimate of drug-likeness (QED) is 0.500. The zero-order chi connectivity index (χ0) is 25.5. The summed E-state index contributed by atoms with van der Waals surface area (Å²) in [4.78, 5) is 17.0. The van der Waals surface area contributed by atoms with Gasteiger partial charge in [0, 0.05) is 37.3 Å². The predicted octanol–water partition coefficient (Wildman–Crippen LogP) is 3.89. The van der Waals surface area contributed by atoms with Crippen molar-refractivity contribution in [3.63, 3.8) is 0 Å². The molecule has 3 heterocycles. The number of hydrogen-bond acceptors (Lipinski definition) is 7. The van der Waals surface area contributed by atoms with Crippen molar-refractivity contribution in [1.82, 2.24) is 19.8 Å². The number of rotatable bonds is 10. The molecular formula is C29H42N6O. The van der Waals surface area contributed by atoms with Gasteiger partial charge in [-0.05, 0) is 70.3 Å². The lowest BCUT2D eigenvalue weighted by Gasteiger charge is -2.40. The van der Waals surface area contributed by atoms with Crippen molar-refractivity contribution in [2.45, 2.75) is 70.9 Å². The summed E-state index contributed by atoms with van der Waals surface area (Å²) < 4.78 is 6.27. The molecule has 2 aliphatic heterocycles. The van der Waals surface area contributed by atoms with Gasteiger partial charge in [0.15, 0.2) is 0 Å². The molecular weight excluding hydrogens is 448 g/mol. The minimum atomic E-state index is 0.208. The molecule has 36 heavy (non-hydrogen) atoms. The standard InChI is InChI=1S/C29H42N6O/c1-5-22-10-7-8-11-23(22)13-14-27-26(6-2)28(35-19-18-34(4)24(20-35)15-16-30)32-29(31-27)36-21-25-12-9-17-33(25)3/h7-8,10-11,24-25H,5-6,9,12-15,17-21H2,1-4H3. The Morgan fingerprint density at radius 3 is 2.44 bits per heavy atom. The van der Waals surface area contributed by atoms with Crippen molar-refractivity contribution in [2.24, 2.45) is 0 Å². The van der Waals surface area contributed by atoms with Crippen molar-refractivity contribution >= 4 is 5.82 Å². The van der Waals surface area contributed by atoms with E-state index in [-0.39, 0.29) is 6.04 Å². The van der Waals surface area contributed by atoms with Gasteiger partial charge in [0.25, 0.3) is 0 Å². The molecule has 2 saturated heterocycles. The maximum Gasteiger partial charge on any atom is 0.318 e. The van der Waals surface area contributed by atoms with Gasteiger partial charge in [0.05, 0.1) is 18.2 Å². The molecule has 2 aromatic rings. The third-order valence-electron chi connectivity index (χ3n) is 8.01. The van der Waals surface area contributed by atoms with Gasteiger partial charge in [-0.1, -0.05) is 38.1 Å². The molecule has 1 aromatic heterocycles. The Morgan fingerprint density at radius 2 is 1.75 bits per heavy atom. The van der Waals surface area contributed by atoms with E-state index in [2.05, 4.69) is 73.0 Å². The molecule has 0 aliphatic carbocycles. The molecule has 2 unspecified atom stereocenters. The normalized spacial score (nSPS) is 21.0. The molecule has 0 bridgehead atoms. The summed E-state index contributed by atoms with van der Waals surface area (Å²) in [5, 5.41) is 9.35. The minimum Gasteiger partial charge on any atom is -0.462 e. The first-order valence-corrected chi connectivity index (χ1v) is 13.7. The molecule has 0 amide bonds. The van der Waals surface area contributed by atoms with Gasteiger partial charge >= 0.3 is 6.01 Å². The summed E-state index contributed by atoms with van der Waals surface area (Å²) in [5.41, 5.74) is 5.11. The lowest BCUT2D eigenvalue weighted by molar-refractivity contribution is 0.187. The van der Waals surface area contributed by atoms with Crippen LogP contribution in [0.5, 0.6) is 6.01 Å². The van der Waals surface area contributed by atoms with Gasteiger partial charge < -0.3 is 14.5 Å². The Bertz CT molecular complexity index is 1050. The van der Waals surface area contributed by atoms with E-state index in [1.165, 1.54) is 23.1 Å². The van der Waals surface area contributed by atoms with Gasteiger partial charge in [-0.15, -0.1) is 0 Å². The number of likely N-dealkylation sites (N-methyl/N-ethyl adjacent to an activating group) is 2. The van der Waals surface area contributed by atoms with E-state index in [9.17, 15) is 5.26 Å². The number of likely N-dealkylation sites (tertiary alicyclic amines) is 1. The van der Waals surface area contributed by atoms with Crippen LogP contribution in [-0.2, 0) is 25.7 Å². The molecule has 7 heteroatoms. The molecule has 1 aromatic carbocycles. The summed E-state index contributed by atoms with van der Waals surface area (Å²) in [7, 11) is 4.28. The molecule has 2 fully saturated rings. The molecule has 2 atom stereocenters. The maximum atomic E-state index is 9.35. The van der Waals surface area contributed by atoms with Crippen LogP contribution in [0.1, 0.15) is 55.5 Å². The van der Waals surface area contributed by atoms with E-state index in [1.807, 2.05) is 0 Å². The molecule has 4 rings (SSSR count). The predicted molar refractivity (Wildman–Crippen MR) is 145 cm³/mol. The van der Waals surface area contributed by atoms with Gasteiger partial charge in [0.1, 0.15) is 12.4 Å². The van der Waals surface area contributed by atoms with E-state index >= 15 is 0 Å². The van der Waals surface area contributed by atoms with E-state index in [1.54, 1.807) is 0 Å². The number of piperazine rings is 1. The maximum absolute atomic E-state index is 9.35. The Kier molecular flexibility index (Phi) is 9.17. The van der Waals surface area contributed by atoms with Gasteiger partial charge in [-0.2, -0.15) is 15.2 Å². The van der Waals surface area contributed by atoms with E-state index in [0.29, 0.717) is 25.1 Å². The molecule has 0 spiro atoms. The molecule has 194 valence electrons. The fourth-order valence-corrected chi connectivity index (χ4v) is 5.61. The number of hydrogen-bond donors (Lipinski definition) is 0. The van der Waals surface area contributed by atoms with E-state index < -0.39 is 0 Å². The van der Waals surface area contributed by atoms with Crippen LogP contribution in [0.2, 0.25) is 0 Å². The molecule has 2 aliphatic rings. The third-order valence-corrected chi connectivity index (χ3v) is 8.01. The first-order chi connectivity index (χ1) is 17.5. The number of anilines is 1. The zero-order valence-electron chi connectivity index (χ0n) is 22.5. The number of nitriles is 1.